The molecule has 2 aliphatic carbocycles. The largest absolute Gasteiger partial charge is 0.369 e. The molecule has 3 rings (SSSR count). The molecule has 6 nitrogen and oxygen atoms in total. The lowest BCUT2D eigenvalue weighted by Gasteiger charge is -2.32. The molecule has 1 aromatic rings. The van der Waals surface area contributed by atoms with E-state index in [2.05, 4.69) is 21.4 Å². The number of nitrogens with one attached hydrogen (secondary N) is 1. The van der Waals surface area contributed by atoms with E-state index in [1.807, 2.05) is 0 Å². The molecule has 1 heterocycles. The molecule has 1 amide bonds. The highest BCUT2D eigenvalue weighted by Gasteiger charge is 2.55. The van der Waals surface area contributed by atoms with Crippen molar-refractivity contribution in [2.24, 2.45) is 29.4 Å². The molecule has 0 aliphatic heterocycles. The first-order valence-corrected chi connectivity index (χ1v) is 7.02. The van der Waals surface area contributed by atoms with Crippen molar-refractivity contribution in [1.82, 2.24) is 9.97 Å². The Morgan fingerprint density at radius 3 is 3.00 bits per heavy atom. The molecule has 5 unspecified atom stereocenters. The van der Waals surface area contributed by atoms with E-state index in [0.717, 1.165) is 12.6 Å². The summed E-state index contributed by atoms with van der Waals surface area (Å²) in [5.74, 6) is -1.69. The number of aromatic nitrogens is 2. The number of amides is 1. The van der Waals surface area contributed by atoms with Crippen molar-refractivity contribution in [2.75, 3.05) is 5.32 Å². The van der Waals surface area contributed by atoms with Gasteiger partial charge in [-0.3, -0.25) is 4.79 Å². The Labute approximate surface area is 125 Å². The maximum Gasteiger partial charge on any atom is 0.224 e. The number of nitrogens with two attached hydrogens (primary N) is 1. The van der Waals surface area contributed by atoms with E-state index in [1.165, 1.54) is 0 Å². The van der Waals surface area contributed by atoms with Crippen molar-refractivity contribution in [1.29, 1.82) is 5.26 Å². The summed E-state index contributed by atoms with van der Waals surface area (Å²) in [5.41, 5.74) is 5.47. The summed E-state index contributed by atoms with van der Waals surface area (Å²) in [6.45, 7) is 0. The summed E-state index contributed by atoms with van der Waals surface area (Å²) < 4.78 is 13.7. The standard InChI is InChI=1S/C13H13ClFN5O/c14-13-18-4-8(15)12(20-13)19-10-7-2-5(1-6(7)3-16)9(10)11(17)21/h4-7,9-10H,1-2H2,(H2,17,21)(H,18,19,20). The van der Waals surface area contributed by atoms with Gasteiger partial charge in [0, 0.05) is 6.04 Å². The fraction of sp³-hybridized carbons (Fsp3) is 0.538. The molecular weight excluding hydrogens is 297 g/mol. The third kappa shape index (κ3) is 2.29. The van der Waals surface area contributed by atoms with Gasteiger partial charge in [-0.25, -0.2) is 9.37 Å². The number of carbonyl (C=O) groups is 1. The SMILES string of the molecule is N#CC1CC2CC1C(Nc1nc(Cl)ncc1F)C2C(N)=O. The van der Waals surface area contributed by atoms with Gasteiger partial charge in [0.1, 0.15) is 0 Å². The lowest BCUT2D eigenvalue weighted by molar-refractivity contribution is -0.123. The van der Waals surface area contributed by atoms with E-state index in [-0.39, 0.29) is 28.9 Å². The molecule has 0 aromatic carbocycles. The molecule has 110 valence electrons. The summed E-state index contributed by atoms with van der Waals surface area (Å²) in [4.78, 5) is 19.0. The van der Waals surface area contributed by atoms with Crippen LogP contribution in [0.4, 0.5) is 10.2 Å². The molecular formula is C13H13ClFN5O. The zero-order chi connectivity index (χ0) is 15.1. The molecule has 3 N–H and O–H groups in total. The van der Waals surface area contributed by atoms with Gasteiger partial charge in [0.2, 0.25) is 11.2 Å². The van der Waals surface area contributed by atoms with Crippen LogP contribution >= 0.6 is 11.6 Å². The fourth-order valence-corrected chi connectivity index (χ4v) is 3.85. The van der Waals surface area contributed by atoms with Crippen molar-refractivity contribution in [2.45, 2.75) is 18.9 Å². The van der Waals surface area contributed by atoms with Gasteiger partial charge < -0.3 is 11.1 Å². The number of primary amides is 1. The summed E-state index contributed by atoms with van der Waals surface area (Å²) in [7, 11) is 0. The van der Waals surface area contributed by atoms with Crippen LogP contribution in [0.5, 0.6) is 0 Å². The first-order chi connectivity index (χ1) is 10.0. The number of halogens is 2. The number of nitrogens with zero attached hydrogens (tertiary/aromatic N) is 3. The lowest BCUT2D eigenvalue weighted by atomic mass is 9.78. The minimum atomic E-state index is -0.654. The van der Waals surface area contributed by atoms with E-state index in [9.17, 15) is 14.4 Å². The number of hydrogen-bond donors (Lipinski definition) is 2. The Hall–Kier alpha value is -1.94. The van der Waals surface area contributed by atoms with E-state index in [4.69, 9.17) is 17.3 Å². The second-order valence-corrected chi connectivity index (χ2v) is 5.90. The summed E-state index contributed by atoms with van der Waals surface area (Å²) in [6, 6.07) is 1.86. The summed E-state index contributed by atoms with van der Waals surface area (Å²) in [6.07, 6.45) is 2.37. The summed E-state index contributed by atoms with van der Waals surface area (Å²) >= 11 is 5.66. The van der Waals surface area contributed by atoms with Gasteiger partial charge in [-0.15, -0.1) is 0 Å². The molecule has 0 radical (unpaired) electrons. The molecule has 2 fully saturated rings. The van der Waals surface area contributed by atoms with Crippen molar-refractivity contribution in [3.8, 4) is 6.07 Å². The lowest BCUT2D eigenvalue weighted by Crippen LogP contribution is -2.45. The van der Waals surface area contributed by atoms with E-state index in [1.54, 1.807) is 0 Å². The topological polar surface area (TPSA) is 105 Å². The Morgan fingerprint density at radius 1 is 1.57 bits per heavy atom. The van der Waals surface area contributed by atoms with Gasteiger partial charge in [-0.05, 0) is 36.3 Å². The van der Waals surface area contributed by atoms with Crippen molar-refractivity contribution in [3.05, 3.63) is 17.3 Å². The van der Waals surface area contributed by atoms with E-state index >= 15 is 0 Å². The van der Waals surface area contributed by atoms with Gasteiger partial charge in [0.05, 0.1) is 24.1 Å². The van der Waals surface area contributed by atoms with Crippen molar-refractivity contribution in [3.63, 3.8) is 0 Å². The Kier molecular flexibility index (Phi) is 3.41. The zero-order valence-electron chi connectivity index (χ0n) is 11.0. The minimum absolute atomic E-state index is 0.0364. The normalized spacial score (nSPS) is 33.7. The van der Waals surface area contributed by atoms with Crippen LogP contribution in [0.2, 0.25) is 5.28 Å². The number of fused-ring (bicyclic) bond motifs is 2. The molecule has 0 saturated heterocycles. The van der Waals surface area contributed by atoms with Gasteiger partial charge >= 0.3 is 0 Å². The first kappa shape index (κ1) is 14.0. The van der Waals surface area contributed by atoms with Crippen LogP contribution in [0.25, 0.3) is 0 Å². The minimum Gasteiger partial charge on any atom is -0.369 e. The Morgan fingerprint density at radius 2 is 2.33 bits per heavy atom. The molecule has 2 aliphatic rings. The number of anilines is 1. The zero-order valence-corrected chi connectivity index (χ0v) is 11.7. The van der Waals surface area contributed by atoms with Gasteiger partial charge in [-0.2, -0.15) is 10.2 Å². The van der Waals surface area contributed by atoms with Crippen LogP contribution in [-0.2, 0) is 4.79 Å². The van der Waals surface area contributed by atoms with Crippen LogP contribution in [-0.4, -0.2) is 21.9 Å². The third-order valence-corrected chi connectivity index (χ3v) is 4.70. The predicted octanol–water partition coefficient (Wildman–Crippen LogP) is 1.33. The molecule has 21 heavy (non-hydrogen) atoms. The average molecular weight is 310 g/mol. The highest BCUT2D eigenvalue weighted by molar-refractivity contribution is 6.28. The Balaban J connectivity index is 1.90. The van der Waals surface area contributed by atoms with Crippen molar-refractivity contribution >= 4 is 23.3 Å². The number of nitriles is 1. The van der Waals surface area contributed by atoms with Gasteiger partial charge in [0.25, 0.3) is 0 Å². The van der Waals surface area contributed by atoms with E-state index < -0.39 is 23.7 Å². The van der Waals surface area contributed by atoms with Crippen molar-refractivity contribution < 1.29 is 9.18 Å². The van der Waals surface area contributed by atoms with Gasteiger partial charge in [0.15, 0.2) is 11.6 Å². The van der Waals surface area contributed by atoms with Crippen LogP contribution in [0.15, 0.2) is 6.20 Å². The number of hydrogen-bond acceptors (Lipinski definition) is 5. The summed E-state index contributed by atoms with van der Waals surface area (Å²) in [5, 5.41) is 12.0. The first-order valence-electron chi connectivity index (χ1n) is 6.64. The number of rotatable bonds is 3. The second-order valence-electron chi connectivity index (χ2n) is 5.56. The molecule has 2 saturated carbocycles. The average Bonchev–Trinajstić information content (AvgIpc) is 3.00. The highest BCUT2D eigenvalue weighted by Crippen LogP contribution is 2.52. The molecule has 0 spiro atoms. The second kappa shape index (κ2) is 5.11. The quantitative estimate of drug-likeness (QED) is 0.820. The fourth-order valence-electron chi connectivity index (χ4n) is 3.72. The smallest absolute Gasteiger partial charge is 0.224 e. The third-order valence-electron chi connectivity index (χ3n) is 4.52. The molecule has 1 aromatic heterocycles. The maximum atomic E-state index is 13.7. The highest BCUT2D eigenvalue weighted by atomic mass is 35.5. The van der Waals surface area contributed by atoms with Crippen LogP contribution in [0.3, 0.4) is 0 Å². The number of carbonyl (C=O) groups excluding carboxylic acids is 1. The monoisotopic (exact) mass is 309 g/mol. The Bertz CT molecular complexity index is 633. The molecule has 5 atom stereocenters. The molecule has 2 bridgehead atoms. The van der Waals surface area contributed by atoms with Crippen LogP contribution in [0.1, 0.15) is 12.8 Å². The van der Waals surface area contributed by atoms with Crippen LogP contribution in [0, 0.1) is 40.8 Å². The predicted molar refractivity (Wildman–Crippen MR) is 72.4 cm³/mol. The molecule has 8 heteroatoms. The van der Waals surface area contributed by atoms with Crippen LogP contribution < -0.4 is 11.1 Å². The maximum absolute atomic E-state index is 13.7. The van der Waals surface area contributed by atoms with Gasteiger partial charge in [-0.1, -0.05) is 0 Å². The van der Waals surface area contributed by atoms with E-state index in [0.29, 0.717) is 6.42 Å².